The number of carbonyl (C=O) groups excluding carboxylic acids is 1. The van der Waals surface area contributed by atoms with E-state index >= 15 is 0 Å². The smallest absolute Gasteiger partial charge is 0.231 e. The van der Waals surface area contributed by atoms with E-state index in [0.717, 1.165) is 10.0 Å². The van der Waals surface area contributed by atoms with Crippen molar-refractivity contribution in [1.29, 1.82) is 0 Å². The zero-order valence-electron chi connectivity index (χ0n) is 18.8. The molecule has 184 valence electrons. The zero-order valence-corrected chi connectivity index (χ0v) is 20.3. The Hall–Kier alpha value is -3.84. The first kappa shape index (κ1) is 25.8. The maximum absolute atomic E-state index is 12.9. The van der Waals surface area contributed by atoms with Gasteiger partial charge in [0.1, 0.15) is 5.82 Å². The highest BCUT2D eigenvalue weighted by atomic mass is 79.9. The number of carbonyl (C=O) groups is 1. The summed E-state index contributed by atoms with van der Waals surface area (Å²) in [5.41, 5.74) is 10.2. The molecule has 0 atom stereocenters. The van der Waals surface area contributed by atoms with E-state index in [1.807, 2.05) is 18.5 Å². The molecule has 11 nitrogen and oxygen atoms in total. The van der Waals surface area contributed by atoms with Gasteiger partial charge in [0.2, 0.25) is 11.7 Å². The van der Waals surface area contributed by atoms with Crippen LogP contribution in [0.15, 0.2) is 61.6 Å². The van der Waals surface area contributed by atoms with Gasteiger partial charge in [0.25, 0.3) is 0 Å². The number of amidine groups is 1. The molecule has 1 aromatic heterocycles. The molecule has 13 heteroatoms. The number of aliphatic imine (C=N–C) groups is 2. The summed E-state index contributed by atoms with van der Waals surface area (Å²) in [6.07, 6.45) is 0.604. The number of benzene rings is 2. The lowest BCUT2D eigenvalue weighted by Gasteiger charge is -2.06. The average Bonchev–Trinajstić information content (AvgIpc) is 3.29. The van der Waals surface area contributed by atoms with Crippen molar-refractivity contribution in [2.24, 2.45) is 15.7 Å². The van der Waals surface area contributed by atoms with Gasteiger partial charge in [0, 0.05) is 17.6 Å². The van der Waals surface area contributed by atoms with Gasteiger partial charge in [-0.15, -0.1) is 0 Å². The largest absolute Gasteiger partial charge is 0.370 e. The number of hydrogen-bond acceptors (Lipinski definition) is 8. The molecule has 0 fully saturated rings. The van der Waals surface area contributed by atoms with Crippen LogP contribution < -0.4 is 21.8 Å². The fraction of sp³-hybridized carbons (Fsp3) is 0.227. The van der Waals surface area contributed by atoms with E-state index in [4.69, 9.17) is 10.4 Å². The number of nitrogens with zero attached hydrogens (tertiary/aromatic N) is 4. The Labute approximate surface area is 208 Å². The highest BCUT2D eigenvalue weighted by Gasteiger charge is 2.16. The maximum atomic E-state index is 12.9. The Morgan fingerprint density at radius 2 is 2.00 bits per heavy atom. The summed E-state index contributed by atoms with van der Waals surface area (Å²) in [5.74, 6) is -0.396. The van der Waals surface area contributed by atoms with Gasteiger partial charge < -0.3 is 11.1 Å². The van der Waals surface area contributed by atoms with Crippen LogP contribution in [-0.2, 0) is 11.2 Å². The topological polar surface area (TPSA) is 163 Å². The Balaban J connectivity index is 1.48. The molecule has 0 unspecified atom stereocenters. The average molecular weight is 547 g/mol. The van der Waals surface area contributed by atoms with Crippen molar-refractivity contribution in [2.75, 3.05) is 18.4 Å². The minimum atomic E-state index is -0.368. The van der Waals surface area contributed by atoms with Gasteiger partial charge in [0.15, 0.2) is 17.5 Å². The predicted octanol–water partition coefficient (Wildman–Crippen LogP) is 2.81. The summed E-state index contributed by atoms with van der Waals surface area (Å²) >= 11 is 3.44. The molecule has 0 saturated carbocycles. The molecule has 1 heterocycles. The molecule has 0 radical (unpaired) electrons. The zero-order chi connectivity index (χ0) is 25.2. The van der Waals surface area contributed by atoms with E-state index in [0.29, 0.717) is 30.8 Å². The van der Waals surface area contributed by atoms with Crippen LogP contribution in [0.3, 0.4) is 0 Å². The van der Waals surface area contributed by atoms with Crippen LogP contribution in [0.4, 0.5) is 15.9 Å². The maximum Gasteiger partial charge on any atom is 0.231 e. The van der Waals surface area contributed by atoms with Gasteiger partial charge in [-0.25, -0.2) is 14.0 Å². The molecule has 3 rings (SSSR count). The molecule has 0 aliphatic carbocycles. The molecule has 2 aromatic carbocycles. The fourth-order valence-electron chi connectivity index (χ4n) is 2.87. The number of hydroxylamine groups is 1. The Kier molecular flexibility index (Phi) is 9.26. The Morgan fingerprint density at radius 3 is 2.71 bits per heavy atom. The fourth-order valence-corrected chi connectivity index (χ4v) is 3.24. The highest BCUT2D eigenvalue weighted by Crippen LogP contribution is 2.23. The van der Waals surface area contributed by atoms with Crippen molar-refractivity contribution in [3.63, 3.8) is 0 Å². The van der Waals surface area contributed by atoms with Crippen LogP contribution in [0.1, 0.15) is 23.2 Å². The van der Waals surface area contributed by atoms with Crippen molar-refractivity contribution in [1.82, 2.24) is 21.1 Å². The van der Waals surface area contributed by atoms with Gasteiger partial charge in [-0.05, 0) is 59.1 Å². The number of guanidine groups is 1. The summed E-state index contributed by atoms with van der Waals surface area (Å²) in [6, 6.07) is 11.1. The number of amides is 1. The van der Waals surface area contributed by atoms with Gasteiger partial charge in [-0.2, -0.15) is 0 Å². The number of aromatic nitrogens is 2. The first-order valence-corrected chi connectivity index (χ1v) is 11.3. The number of anilines is 1. The quantitative estimate of drug-likeness (QED) is 0.118. The molecule has 0 aliphatic rings. The summed E-state index contributed by atoms with van der Waals surface area (Å²) in [6.45, 7) is 2.70. The summed E-state index contributed by atoms with van der Waals surface area (Å²) in [4.78, 5) is 20.4. The SMILES string of the molecule is Cc1ccc(N=C(NO)c2nonc2NCCCN=C(N)NC(=O)Cc2ccc(F)cc2)cc1Br. The van der Waals surface area contributed by atoms with Crippen molar-refractivity contribution in [3.8, 4) is 0 Å². The molecular formula is C22H24BrFN8O3. The molecule has 0 bridgehead atoms. The lowest BCUT2D eigenvalue weighted by Crippen LogP contribution is -2.37. The van der Waals surface area contributed by atoms with Crippen molar-refractivity contribution in [3.05, 3.63) is 69.6 Å². The van der Waals surface area contributed by atoms with Gasteiger partial charge in [0.05, 0.1) is 12.1 Å². The van der Waals surface area contributed by atoms with E-state index in [1.54, 1.807) is 12.1 Å². The number of hydrogen-bond donors (Lipinski definition) is 5. The monoisotopic (exact) mass is 546 g/mol. The normalized spacial score (nSPS) is 11.9. The first-order valence-electron chi connectivity index (χ1n) is 10.5. The molecule has 1 amide bonds. The van der Waals surface area contributed by atoms with E-state index in [-0.39, 0.29) is 41.5 Å². The van der Waals surface area contributed by atoms with E-state index in [9.17, 15) is 14.4 Å². The van der Waals surface area contributed by atoms with Crippen LogP contribution in [0.5, 0.6) is 0 Å². The third-order valence-electron chi connectivity index (χ3n) is 4.67. The third kappa shape index (κ3) is 7.86. The van der Waals surface area contributed by atoms with Crippen molar-refractivity contribution >= 4 is 45.1 Å². The Morgan fingerprint density at radius 1 is 1.23 bits per heavy atom. The molecule has 0 spiro atoms. The minimum absolute atomic E-state index is 0.0101. The highest BCUT2D eigenvalue weighted by molar-refractivity contribution is 9.10. The van der Waals surface area contributed by atoms with Crippen LogP contribution >= 0.6 is 15.9 Å². The number of rotatable bonds is 9. The summed E-state index contributed by atoms with van der Waals surface area (Å²) < 4.78 is 18.6. The van der Waals surface area contributed by atoms with E-state index < -0.39 is 0 Å². The molecule has 0 saturated heterocycles. The lowest BCUT2D eigenvalue weighted by atomic mass is 10.1. The van der Waals surface area contributed by atoms with Crippen LogP contribution in [-0.4, -0.2) is 46.3 Å². The molecule has 0 aliphatic heterocycles. The number of aryl methyl sites for hydroxylation is 1. The summed E-state index contributed by atoms with van der Waals surface area (Å²) in [5, 5.41) is 22.7. The standard InChI is InChI=1S/C22H24BrFN8O3/c1-13-3-8-16(12-17(13)23)28-21(30-34)19-20(32-35-31-19)26-9-2-10-27-22(25)29-18(33)11-14-4-6-15(24)7-5-14/h3-8,12,34H,2,9-11H2,1H3,(H,26,32)(H,28,30)(H3,25,27,29,33). The van der Waals surface area contributed by atoms with Crippen LogP contribution in [0.25, 0.3) is 0 Å². The van der Waals surface area contributed by atoms with Gasteiger partial charge >= 0.3 is 0 Å². The van der Waals surface area contributed by atoms with Gasteiger partial charge in [-0.1, -0.05) is 34.1 Å². The molecular weight excluding hydrogens is 523 g/mol. The molecule has 6 N–H and O–H groups in total. The van der Waals surface area contributed by atoms with Crippen molar-refractivity contribution in [2.45, 2.75) is 19.8 Å². The number of nitrogens with one attached hydrogen (secondary N) is 3. The van der Waals surface area contributed by atoms with E-state index in [2.05, 4.69) is 46.9 Å². The summed E-state index contributed by atoms with van der Waals surface area (Å²) in [7, 11) is 0. The van der Waals surface area contributed by atoms with Crippen LogP contribution in [0, 0.1) is 12.7 Å². The second-order valence-corrected chi connectivity index (χ2v) is 8.22. The third-order valence-corrected chi connectivity index (χ3v) is 5.52. The van der Waals surface area contributed by atoms with E-state index in [1.165, 1.54) is 24.3 Å². The second kappa shape index (κ2) is 12.6. The van der Waals surface area contributed by atoms with Crippen molar-refractivity contribution < 1.29 is 19.0 Å². The number of halogens is 2. The first-order chi connectivity index (χ1) is 16.9. The van der Waals surface area contributed by atoms with Crippen LogP contribution in [0.2, 0.25) is 0 Å². The second-order valence-electron chi connectivity index (χ2n) is 7.37. The molecule has 35 heavy (non-hydrogen) atoms. The lowest BCUT2D eigenvalue weighted by molar-refractivity contribution is -0.119. The minimum Gasteiger partial charge on any atom is -0.370 e. The molecule has 3 aromatic rings. The Bertz CT molecular complexity index is 1210. The van der Waals surface area contributed by atoms with Gasteiger partial charge in [-0.3, -0.25) is 25.8 Å². The predicted molar refractivity (Wildman–Crippen MR) is 132 cm³/mol. The number of nitrogens with two attached hydrogens (primary N) is 1.